The van der Waals surface area contributed by atoms with Gasteiger partial charge in [0, 0.05) is 0 Å². The molecule has 10 heteroatoms. The highest BCUT2D eigenvalue weighted by atomic mass is 35.5. The van der Waals surface area contributed by atoms with Gasteiger partial charge in [0.15, 0.2) is 5.78 Å². The first-order valence-electron chi connectivity index (χ1n) is 3.48. The van der Waals surface area contributed by atoms with Gasteiger partial charge in [-0.2, -0.15) is 0 Å². The first kappa shape index (κ1) is 13.7. The molecule has 0 saturated carbocycles. The zero-order valence-electron chi connectivity index (χ0n) is 7.22. The fourth-order valence-corrected chi connectivity index (χ4v) is 0.583. The Morgan fingerprint density at radius 2 is 1.87 bits per heavy atom. The van der Waals surface area contributed by atoms with E-state index in [0.29, 0.717) is 0 Å². The Bertz CT molecular complexity index is 271. The number of nitrogens with zero attached hydrogens (tertiary/aromatic N) is 2. The Morgan fingerprint density at radius 1 is 1.40 bits per heavy atom. The Labute approximate surface area is 87.2 Å². The van der Waals surface area contributed by atoms with Crippen LogP contribution in [-0.4, -0.2) is 40.6 Å². The van der Waals surface area contributed by atoms with E-state index >= 15 is 0 Å². The average molecular weight is 245 g/mol. The standard InChI is InChI=1S/C5H6ClFN2O6/c6-1-4(10)2-15-3-5(7,8(11)12)9(13)14/h1-3H2. The number of ether oxygens (including phenoxy) is 1. The molecule has 86 valence electrons. The number of alkyl halides is 2. The number of ketones is 1. The normalized spacial score (nSPS) is 11.1. The van der Waals surface area contributed by atoms with Gasteiger partial charge in [-0.05, 0) is 0 Å². The molecular formula is C5H6ClFN2O6. The number of hydrogen-bond donors (Lipinski definition) is 0. The summed E-state index contributed by atoms with van der Waals surface area (Å²) in [6.45, 7) is -2.16. The van der Waals surface area contributed by atoms with Crippen molar-refractivity contribution in [2.45, 2.75) is 5.92 Å². The summed E-state index contributed by atoms with van der Waals surface area (Å²) in [6, 6.07) is 0. The van der Waals surface area contributed by atoms with Crippen LogP contribution in [0.2, 0.25) is 0 Å². The van der Waals surface area contributed by atoms with E-state index in [-0.39, 0.29) is 0 Å². The first-order valence-corrected chi connectivity index (χ1v) is 4.01. The number of carbonyl (C=O) groups excluding carboxylic acids is 1. The maximum atomic E-state index is 12.9. The molecule has 0 saturated heterocycles. The summed E-state index contributed by atoms with van der Waals surface area (Å²) < 4.78 is 17.1. The highest BCUT2D eigenvalue weighted by Gasteiger charge is 2.58. The van der Waals surface area contributed by atoms with Crippen LogP contribution in [0.1, 0.15) is 0 Å². The predicted molar refractivity (Wildman–Crippen MR) is 44.4 cm³/mol. The van der Waals surface area contributed by atoms with Crippen LogP contribution in [0, 0.1) is 20.2 Å². The minimum Gasteiger partial charge on any atom is -0.356 e. The van der Waals surface area contributed by atoms with Crippen LogP contribution in [0.3, 0.4) is 0 Å². The van der Waals surface area contributed by atoms with E-state index in [2.05, 4.69) is 4.74 Å². The molecule has 0 aromatic heterocycles. The van der Waals surface area contributed by atoms with Crippen molar-refractivity contribution < 1.29 is 23.8 Å². The molecule has 8 nitrogen and oxygen atoms in total. The number of carbonyl (C=O) groups is 1. The third-order valence-corrected chi connectivity index (χ3v) is 1.56. The van der Waals surface area contributed by atoms with E-state index in [1.54, 1.807) is 0 Å². The number of Topliss-reactive ketones (excluding diaryl/α,β-unsaturated/α-hetero) is 1. The number of rotatable bonds is 7. The van der Waals surface area contributed by atoms with Gasteiger partial charge in [-0.15, -0.1) is 11.6 Å². The second kappa shape index (κ2) is 5.51. The Kier molecular flexibility index (Phi) is 5.02. The van der Waals surface area contributed by atoms with E-state index in [1.165, 1.54) is 0 Å². The summed E-state index contributed by atoms with van der Waals surface area (Å²) >= 11 is 5.04. The van der Waals surface area contributed by atoms with Crippen LogP contribution in [0.15, 0.2) is 0 Å². The Morgan fingerprint density at radius 3 is 2.20 bits per heavy atom. The monoisotopic (exact) mass is 244 g/mol. The zero-order valence-corrected chi connectivity index (χ0v) is 7.98. The Hall–Kier alpha value is -1.35. The van der Waals surface area contributed by atoms with Gasteiger partial charge in [0.05, 0.1) is 5.88 Å². The molecular weight excluding hydrogens is 239 g/mol. The zero-order chi connectivity index (χ0) is 12.1. The number of nitro groups is 2. The molecule has 0 amide bonds. The van der Waals surface area contributed by atoms with Gasteiger partial charge in [-0.3, -0.25) is 25.0 Å². The third kappa shape index (κ3) is 3.72. The molecule has 0 aliphatic heterocycles. The summed E-state index contributed by atoms with van der Waals surface area (Å²) in [5.74, 6) is -5.02. The molecule has 0 aromatic carbocycles. The predicted octanol–water partition coefficient (Wildman–Crippen LogP) is -0.0124. The van der Waals surface area contributed by atoms with Gasteiger partial charge in [0.1, 0.15) is 16.5 Å². The van der Waals surface area contributed by atoms with E-state index in [9.17, 15) is 29.4 Å². The smallest absolute Gasteiger partial charge is 0.356 e. The molecule has 0 aliphatic rings. The van der Waals surface area contributed by atoms with E-state index < -0.39 is 40.6 Å². The summed E-state index contributed by atoms with van der Waals surface area (Å²) in [5, 5.41) is 20.0. The van der Waals surface area contributed by atoms with Gasteiger partial charge < -0.3 is 4.74 Å². The molecule has 0 fully saturated rings. The van der Waals surface area contributed by atoms with Crippen molar-refractivity contribution >= 4 is 17.4 Å². The maximum absolute atomic E-state index is 12.9. The third-order valence-electron chi connectivity index (χ3n) is 1.26. The lowest BCUT2D eigenvalue weighted by Gasteiger charge is -2.07. The molecule has 0 unspecified atom stereocenters. The molecule has 0 rings (SSSR count). The molecule has 0 radical (unpaired) electrons. The van der Waals surface area contributed by atoms with E-state index in [0.717, 1.165) is 0 Å². The van der Waals surface area contributed by atoms with Crippen molar-refractivity contribution in [2.24, 2.45) is 0 Å². The van der Waals surface area contributed by atoms with E-state index in [1.807, 2.05) is 0 Å². The van der Waals surface area contributed by atoms with Crippen LogP contribution in [0.5, 0.6) is 0 Å². The highest BCUT2D eigenvalue weighted by Crippen LogP contribution is 2.13. The second-order valence-electron chi connectivity index (χ2n) is 2.40. The van der Waals surface area contributed by atoms with Crippen molar-refractivity contribution in [3.63, 3.8) is 0 Å². The van der Waals surface area contributed by atoms with Crippen molar-refractivity contribution in [3.8, 4) is 0 Å². The quantitative estimate of drug-likeness (QED) is 0.205. The fourth-order valence-electron chi connectivity index (χ4n) is 0.505. The molecule has 15 heavy (non-hydrogen) atoms. The summed E-state index contributed by atoms with van der Waals surface area (Å²) in [6.07, 6.45) is 0. The summed E-state index contributed by atoms with van der Waals surface area (Å²) in [5.41, 5.74) is 0. The largest absolute Gasteiger partial charge is 0.637 e. The van der Waals surface area contributed by atoms with Gasteiger partial charge in [0.25, 0.3) is 0 Å². The van der Waals surface area contributed by atoms with Crippen molar-refractivity contribution in [1.82, 2.24) is 0 Å². The second-order valence-corrected chi connectivity index (χ2v) is 2.67. The number of hydrogen-bond acceptors (Lipinski definition) is 6. The van der Waals surface area contributed by atoms with E-state index in [4.69, 9.17) is 11.6 Å². The molecule has 0 aromatic rings. The van der Waals surface area contributed by atoms with Crippen LogP contribution >= 0.6 is 11.6 Å². The van der Waals surface area contributed by atoms with Gasteiger partial charge >= 0.3 is 5.92 Å². The van der Waals surface area contributed by atoms with Crippen molar-refractivity contribution in [1.29, 1.82) is 0 Å². The molecule has 0 aliphatic carbocycles. The molecule has 0 spiro atoms. The fraction of sp³-hybridized carbons (Fsp3) is 0.800. The lowest BCUT2D eigenvalue weighted by atomic mass is 10.4. The molecule has 0 N–H and O–H groups in total. The van der Waals surface area contributed by atoms with Crippen LogP contribution in [0.4, 0.5) is 4.39 Å². The SMILES string of the molecule is O=C(CCl)COCC(F)([N+](=O)[O-])[N+](=O)[O-]. The molecule has 0 heterocycles. The van der Waals surface area contributed by atoms with Gasteiger partial charge in [0.2, 0.25) is 6.61 Å². The Balaban J connectivity index is 4.27. The van der Waals surface area contributed by atoms with Crippen LogP contribution in [-0.2, 0) is 9.53 Å². The molecule has 0 atom stereocenters. The van der Waals surface area contributed by atoms with Gasteiger partial charge in [-0.25, -0.2) is 0 Å². The average Bonchev–Trinajstić information content (AvgIpc) is 2.16. The summed E-state index contributed by atoms with van der Waals surface area (Å²) in [7, 11) is 0. The maximum Gasteiger partial charge on any atom is 0.637 e. The molecule has 0 bridgehead atoms. The topological polar surface area (TPSA) is 113 Å². The van der Waals surface area contributed by atoms with Crippen molar-refractivity contribution in [3.05, 3.63) is 20.2 Å². The van der Waals surface area contributed by atoms with Crippen LogP contribution < -0.4 is 0 Å². The van der Waals surface area contributed by atoms with Crippen LogP contribution in [0.25, 0.3) is 0 Å². The lowest BCUT2D eigenvalue weighted by molar-refractivity contribution is -0.833. The minimum absolute atomic E-state index is 0.420. The minimum atomic E-state index is -3.94. The lowest BCUT2D eigenvalue weighted by Crippen LogP contribution is -2.46. The highest BCUT2D eigenvalue weighted by molar-refractivity contribution is 6.27. The first-order chi connectivity index (χ1) is 6.84. The summed E-state index contributed by atoms with van der Waals surface area (Å²) in [4.78, 5) is 27.1. The van der Waals surface area contributed by atoms with Gasteiger partial charge in [-0.1, -0.05) is 4.39 Å². The number of halogens is 2. The van der Waals surface area contributed by atoms with Crippen molar-refractivity contribution in [2.75, 3.05) is 19.1 Å².